The first-order chi connectivity index (χ1) is 18.0. The molecule has 2 aliphatic heterocycles. The number of hydrogen-bond acceptors (Lipinski definition) is 5. The molecule has 2 bridgehead atoms. The van der Waals surface area contributed by atoms with Gasteiger partial charge in [-0.25, -0.2) is 4.79 Å². The quantitative estimate of drug-likeness (QED) is 0.429. The molecule has 2 atom stereocenters. The van der Waals surface area contributed by atoms with E-state index in [9.17, 15) is 9.59 Å². The first kappa shape index (κ1) is 23.7. The van der Waals surface area contributed by atoms with Crippen molar-refractivity contribution in [3.8, 4) is 16.9 Å². The average Bonchev–Trinajstić information content (AvgIpc) is 3.24. The number of carbonyl (C=O) groups is 2. The summed E-state index contributed by atoms with van der Waals surface area (Å²) in [5.41, 5.74) is 6.42. The lowest BCUT2D eigenvalue weighted by atomic mass is 9.80. The fraction of sp³-hybridized carbons (Fsp3) is 0.355. The maximum absolute atomic E-state index is 13.5. The Hall–Kier alpha value is -3.64. The van der Waals surface area contributed by atoms with Crippen LogP contribution in [0.4, 0.5) is 4.79 Å². The van der Waals surface area contributed by atoms with Crippen LogP contribution in [0.25, 0.3) is 11.1 Å². The smallest absolute Gasteiger partial charge is 0.410 e. The third-order valence-electron chi connectivity index (χ3n) is 8.06. The molecule has 2 unspecified atom stereocenters. The van der Waals surface area contributed by atoms with Gasteiger partial charge in [0.15, 0.2) is 5.78 Å². The number of ether oxygens (including phenoxy) is 3. The summed E-state index contributed by atoms with van der Waals surface area (Å²) in [6, 6.07) is 22.0. The van der Waals surface area contributed by atoms with Crippen molar-refractivity contribution in [2.45, 2.75) is 37.8 Å². The summed E-state index contributed by atoms with van der Waals surface area (Å²) in [4.78, 5) is 28.8. The van der Waals surface area contributed by atoms with Crippen LogP contribution in [0.5, 0.6) is 5.75 Å². The number of morpholine rings is 1. The zero-order chi connectivity index (χ0) is 25.5. The number of Topliss-reactive ketones (excluding diaryl/α,β-unsaturated/α-hetero) is 1. The van der Waals surface area contributed by atoms with Crippen molar-refractivity contribution in [1.29, 1.82) is 0 Å². The number of benzene rings is 3. The van der Waals surface area contributed by atoms with Crippen LogP contribution in [-0.4, -0.2) is 55.8 Å². The van der Waals surface area contributed by atoms with Crippen molar-refractivity contribution in [3.63, 3.8) is 0 Å². The van der Waals surface area contributed by atoms with Gasteiger partial charge >= 0.3 is 6.09 Å². The highest BCUT2D eigenvalue weighted by Crippen LogP contribution is 2.45. The predicted molar refractivity (Wildman–Crippen MR) is 140 cm³/mol. The van der Waals surface area contributed by atoms with Gasteiger partial charge in [-0.05, 0) is 54.2 Å². The van der Waals surface area contributed by atoms with E-state index in [0.717, 1.165) is 5.56 Å². The fourth-order valence-electron chi connectivity index (χ4n) is 6.33. The summed E-state index contributed by atoms with van der Waals surface area (Å²) < 4.78 is 17.2. The van der Waals surface area contributed by atoms with Gasteiger partial charge in [-0.1, -0.05) is 60.2 Å². The Balaban J connectivity index is 1.17. The van der Waals surface area contributed by atoms with Gasteiger partial charge in [-0.3, -0.25) is 9.69 Å². The van der Waals surface area contributed by atoms with Crippen molar-refractivity contribution in [3.05, 3.63) is 89.0 Å². The summed E-state index contributed by atoms with van der Waals surface area (Å²) in [5.74, 6) is 0.494. The van der Waals surface area contributed by atoms with Crippen molar-refractivity contribution >= 4 is 11.9 Å². The Morgan fingerprint density at radius 3 is 2.16 bits per heavy atom. The van der Waals surface area contributed by atoms with Crippen LogP contribution in [0.15, 0.2) is 66.7 Å². The second-order valence-corrected chi connectivity index (χ2v) is 10.3. The van der Waals surface area contributed by atoms with Crippen molar-refractivity contribution in [1.82, 2.24) is 4.90 Å². The van der Waals surface area contributed by atoms with Gasteiger partial charge in [-0.2, -0.15) is 0 Å². The summed E-state index contributed by atoms with van der Waals surface area (Å²) in [7, 11) is 1.59. The molecular weight excluding hydrogens is 466 g/mol. The SMILES string of the molecule is COc1ccc(C)cc1C(=O)C1CC2COCC(C1)N2C(=O)OCC1c2ccccc2-c2ccccc21. The van der Waals surface area contributed by atoms with Crippen LogP contribution >= 0.6 is 0 Å². The van der Waals surface area contributed by atoms with Gasteiger partial charge in [0.05, 0.1) is 38.0 Å². The number of methoxy groups -OCH3 is 1. The lowest BCUT2D eigenvalue weighted by Gasteiger charge is -2.47. The Kier molecular flexibility index (Phi) is 6.21. The number of piperidine rings is 1. The summed E-state index contributed by atoms with van der Waals surface area (Å²) >= 11 is 0. The molecule has 2 saturated heterocycles. The number of amides is 1. The molecule has 190 valence electrons. The van der Waals surface area contributed by atoms with Crippen LogP contribution in [0.1, 0.15) is 45.8 Å². The van der Waals surface area contributed by atoms with Gasteiger partial charge in [0, 0.05) is 11.8 Å². The summed E-state index contributed by atoms with van der Waals surface area (Å²) in [5, 5.41) is 0. The Bertz CT molecular complexity index is 1290. The molecule has 0 aromatic heterocycles. The largest absolute Gasteiger partial charge is 0.496 e. The molecule has 6 rings (SSSR count). The summed E-state index contributed by atoms with van der Waals surface area (Å²) in [6.07, 6.45) is 0.784. The van der Waals surface area contributed by atoms with Gasteiger partial charge in [0.1, 0.15) is 12.4 Å². The molecular formula is C31H31NO5. The molecule has 0 spiro atoms. The lowest BCUT2D eigenvalue weighted by Crippen LogP contribution is -2.60. The van der Waals surface area contributed by atoms with Gasteiger partial charge in [-0.15, -0.1) is 0 Å². The molecule has 6 nitrogen and oxygen atoms in total. The Morgan fingerprint density at radius 1 is 0.919 bits per heavy atom. The van der Waals surface area contributed by atoms with E-state index in [-0.39, 0.29) is 42.4 Å². The number of rotatable bonds is 5. The molecule has 6 heteroatoms. The van der Waals surface area contributed by atoms with Crippen LogP contribution in [0, 0.1) is 12.8 Å². The zero-order valence-electron chi connectivity index (χ0n) is 21.2. The lowest BCUT2D eigenvalue weighted by molar-refractivity contribution is -0.0748. The third kappa shape index (κ3) is 4.19. The van der Waals surface area contributed by atoms with E-state index in [0.29, 0.717) is 37.4 Å². The van der Waals surface area contributed by atoms with E-state index in [1.807, 2.05) is 54.3 Å². The Labute approximate surface area is 217 Å². The third-order valence-corrected chi connectivity index (χ3v) is 8.06. The fourth-order valence-corrected chi connectivity index (χ4v) is 6.33. The molecule has 2 heterocycles. The maximum Gasteiger partial charge on any atom is 0.410 e. The van der Waals surface area contributed by atoms with Crippen LogP contribution in [-0.2, 0) is 9.47 Å². The standard InChI is InChI=1S/C31H31NO5/c1-19-11-12-29(35-2)27(13-19)30(33)20-14-21-16-36-17-22(15-20)32(21)31(34)37-18-28-25-9-5-3-7-23(25)24-8-4-6-10-26(24)28/h3-13,20-22,28H,14-18H2,1-2H3. The molecule has 3 aromatic rings. The Morgan fingerprint density at radius 2 is 1.54 bits per heavy atom. The van der Waals surface area contributed by atoms with Gasteiger partial charge in [0.25, 0.3) is 0 Å². The summed E-state index contributed by atoms with van der Waals surface area (Å²) in [6.45, 7) is 3.08. The molecule has 3 aliphatic rings. The number of carbonyl (C=O) groups excluding carboxylic acids is 2. The minimum Gasteiger partial charge on any atom is -0.496 e. The predicted octanol–water partition coefficient (Wildman–Crippen LogP) is 5.61. The van der Waals surface area contributed by atoms with Gasteiger partial charge in [0.2, 0.25) is 0 Å². The van der Waals surface area contributed by atoms with E-state index >= 15 is 0 Å². The van der Waals surface area contributed by atoms with E-state index in [2.05, 4.69) is 24.3 Å². The van der Waals surface area contributed by atoms with E-state index < -0.39 is 0 Å². The van der Waals surface area contributed by atoms with Crippen LogP contribution in [0.3, 0.4) is 0 Å². The monoisotopic (exact) mass is 497 g/mol. The van der Waals surface area contributed by atoms with Crippen molar-refractivity contribution < 1.29 is 23.8 Å². The molecule has 0 radical (unpaired) electrons. The highest BCUT2D eigenvalue weighted by Gasteiger charge is 2.45. The van der Waals surface area contributed by atoms with Crippen molar-refractivity contribution in [2.24, 2.45) is 5.92 Å². The second kappa shape index (κ2) is 9.67. The van der Waals surface area contributed by atoms with E-state index in [4.69, 9.17) is 14.2 Å². The highest BCUT2D eigenvalue weighted by molar-refractivity contribution is 6.00. The number of nitrogens with zero attached hydrogens (tertiary/aromatic N) is 1. The van der Waals surface area contributed by atoms with Crippen LogP contribution < -0.4 is 4.74 Å². The van der Waals surface area contributed by atoms with Gasteiger partial charge < -0.3 is 14.2 Å². The minimum atomic E-state index is -0.320. The first-order valence-electron chi connectivity index (χ1n) is 12.9. The molecule has 2 fully saturated rings. The highest BCUT2D eigenvalue weighted by atomic mass is 16.6. The second-order valence-electron chi connectivity index (χ2n) is 10.3. The average molecular weight is 498 g/mol. The normalized spacial score (nSPS) is 22.2. The maximum atomic E-state index is 13.5. The van der Waals surface area contributed by atoms with Crippen LogP contribution in [0.2, 0.25) is 0 Å². The van der Waals surface area contributed by atoms with Crippen molar-refractivity contribution in [2.75, 3.05) is 26.9 Å². The number of ketones is 1. The molecule has 1 amide bonds. The zero-order valence-corrected chi connectivity index (χ0v) is 21.2. The molecule has 0 N–H and O–H groups in total. The minimum absolute atomic E-state index is 0.0142. The first-order valence-corrected chi connectivity index (χ1v) is 12.9. The molecule has 1 aliphatic carbocycles. The number of fused-ring (bicyclic) bond motifs is 5. The topological polar surface area (TPSA) is 65.1 Å². The molecule has 3 aromatic carbocycles. The number of aryl methyl sites for hydroxylation is 1. The van der Waals surface area contributed by atoms with E-state index in [1.54, 1.807) is 7.11 Å². The molecule has 37 heavy (non-hydrogen) atoms. The molecule has 0 saturated carbocycles. The van der Waals surface area contributed by atoms with E-state index in [1.165, 1.54) is 22.3 Å². The number of hydrogen-bond donors (Lipinski definition) is 0.